The average molecular weight is 677 g/mol. The van der Waals surface area contributed by atoms with E-state index in [4.69, 9.17) is 11.6 Å². The third-order valence-electron chi connectivity index (χ3n) is 7.65. The van der Waals surface area contributed by atoms with Crippen LogP contribution in [0.15, 0.2) is 126 Å². The first-order valence-electron chi connectivity index (χ1n) is 15.2. The highest BCUT2D eigenvalue weighted by Gasteiger charge is 2.18. The van der Waals surface area contributed by atoms with Crippen molar-refractivity contribution in [1.29, 1.82) is 0 Å². The van der Waals surface area contributed by atoms with Gasteiger partial charge in [0.05, 0.1) is 10.8 Å². The van der Waals surface area contributed by atoms with E-state index < -0.39 is 17.6 Å². The van der Waals surface area contributed by atoms with E-state index in [-0.39, 0.29) is 27.9 Å². The van der Waals surface area contributed by atoms with Crippen LogP contribution in [-0.4, -0.2) is 28.0 Å². The van der Waals surface area contributed by atoms with Gasteiger partial charge >= 0.3 is 0 Å². The predicted octanol–water partition coefficient (Wildman–Crippen LogP) is 8.75. The van der Waals surface area contributed by atoms with Gasteiger partial charge in [0, 0.05) is 55.7 Å². The molecule has 1 heterocycles. The molecule has 0 saturated carbocycles. The summed E-state index contributed by atoms with van der Waals surface area (Å²) in [6.45, 7) is 2.95. The first-order valence-corrected chi connectivity index (χ1v) is 16.5. The van der Waals surface area contributed by atoms with Gasteiger partial charge in [0.25, 0.3) is 11.8 Å². The molecule has 10 heteroatoms. The molecule has 0 aliphatic rings. The second-order valence-corrected chi connectivity index (χ2v) is 12.3. The third kappa shape index (κ3) is 7.27. The molecule has 0 aliphatic carbocycles. The molecule has 6 rings (SSSR count). The molecule has 240 valence electrons. The topological polar surface area (TPSA) is 92.2 Å². The van der Waals surface area contributed by atoms with Crippen molar-refractivity contribution in [3.05, 3.63) is 143 Å². The Morgan fingerprint density at radius 2 is 1.52 bits per heavy atom. The van der Waals surface area contributed by atoms with Crippen LogP contribution >= 0.6 is 23.4 Å². The number of hydrogen-bond donors (Lipinski definition) is 3. The summed E-state index contributed by atoms with van der Waals surface area (Å²) < 4.78 is 16.9. The first-order chi connectivity index (χ1) is 23.3. The minimum Gasteiger partial charge on any atom is -0.341 e. The Kier molecular flexibility index (Phi) is 9.89. The van der Waals surface area contributed by atoms with Crippen molar-refractivity contribution in [1.82, 2.24) is 9.88 Å². The molecule has 0 unspecified atom stereocenters. The normalized spacial score (nSPS) is 11.4. The number of aryl methyl sites for hydroxylation is 1. The molecule has 0 radical (unpaired) electrons. The Morgan fingerprint density at radius 1 is 0.792 bits per heavy atom. The van der Waals surface area contributed by atoms with Gasteiger partial charge in [-0.3, -0.25) is 14.4 Å². The van der Waals surface area contributed by atoms with E-state index >= 15 is 0 Å². The van der Waals surface area contributed by atoms with E-state index in [1.807, 2.05) is 36.4 Å². The largest absolute Gasteiger partial charge is 0.341 e. The van der Waals surface area contributed by atoms with Crippen molar-refractivity contribution in [2.45, 2.75) is 18.4 Å². The maximum atomic E-state index is 14.6. The van der Waals surface area contributed by atoms with Crippen molar-refractivity contribution < 1.29 is 18.8 Å². The first kappa shape index (κ1) is 32.6. The zero-order valence-electron chi connectivity index (χ0n) is 25.8. The Hall–Kier alpha value is -5.38. The Balaban J connectivity index is 1.14. The van der Waals surface area contributed by atoms with E-state index in [9.17, 15) is 18.8 Å². The van der Waals surface area contributed by atoms with Gasteiger partial charge in [-0.1, -0.05) is 60.1 Å². The molecular weight excluding hydrogens is 647 g/mol. The van der Waals surface area contributed by atoms with Crippen molar-refractivity contribution >= 4 is 80.3 Å². The number of aromatic nitrogens is 1. The number of carbonyl (C=O) groups excluding carboxylic acids is 3. The zero-order valence-corrected chi connectivity index (χ0v) is 27.4. The fourth-order valence-electron chi connectivity index (χ4n) is 5.42. The number of carbonyl (C=O) groups is 3. The maximum Gasteiger partial charge on any atom is 0.272 e. The monoisotopic (exact) mass is 676 g/mol. The molecule has 3 amide bonds. The number of benzene rings is 5. The van der Waals surface area contributed by atoms with Gasteiger partial charge in [-0.25, -0.2) is 4.39 Å². The predicted molar refractivity (Wildman–Crippen MR) is 193 cm³/mol. The maximum absolute atomic E-state index is 14.6. The van der Waals surface area contributed by atoms with Crippen molar-refractivity contribution in [3.8, 4) is 0 Å². The van der Waals surface area contributed by atoms with Gasteiger partial charge in [-0.15, -0.1) is 11.8 Å². The number of thioether (sulfide) groups is 1. The highest BCUT2D eigenvalue weighted by atomic mass is 35.5. The number of nitrogens with zero attached hydrogens (tertiary/aromatic N) is 1. The van der Waals surface area contributed by atoms with Gasteiger partial charge in [0.1, 0.15) is 11.5 Å². The molecule has 7 nitrogen and oxygen atoms in total. The SMILES string of the molecule is CCn1c2ccccc2c2cc(NC(=O)CSc3cccc(NC(=O)/C(=C\c4c(F)cccc4Cl)NC(=O)c4ccccc4)c3)ccc21. The Labute approximate surface area is 285 Å². The molecule has 0 fully saturated rings. The standard InChI is InChI=1S/C38H30ClFN4O3S/c1-2-44-34-17-7-6-14-28(34)29-21-26(18-19-35(29)44)41-36(45)23-48-27-13-8-12-25(20-27)42-38(47)33(22-30-31(39)15-9-16-32(30)40)43-37(46)24-10-4-3-5-11-24/h3-22H,2,23H2,1H3,(H,41,45)(H,42,47)(H,43,46)/b33-22+. The van der Waals surface area contributed by atoms with Gasteiger partial charge in [-0.05, 0) is 79.7 Å². The van der Waals surface area contributed by atoms with Crippen LogP contribution in [0.5, 0.6) is 0 Å². The molecule has 0 saturated heterocycles. The van der Waals surface area contributed by atoms with Crippen LogP contribution in [-0.2, 0) is 16.1 Å². The summed E-state index contributed by atoms with van der Waals surface area (Å²) in [5.41, 5.74) is 3.47. The van der Waals surface area contributed by atoms with Crippen LogP contribution < -0.4 is 16.0 Å². The fourth-order valence-corrected chi connectivity index (χ4v) is 6.39. The highest BCUT2D eigenvalue weighted by molar-refractivity contribution is 8.00. The highest BCUT2D eigenvalue weighted by Crippen LogP contribution is 2.31. The molecule has 6 aromatic rings. The quantitative estimate of drug-likeness (QED) is 0.1000. The fraction of sp³-hybridized carbons (Fsp3) is 0.0789. The molecule has 0 aliphatic heterocycles. The molecule has 48 heavy (non-hydrogen) atoms. The minimum absolute atomic E-state index is 0.0386. The van der Waals surface area contributed by atoms with E-state index in [1.165, 1.54) is 36.0 Å². The molecular formula is C38H30ClFN4O3S. The average Bonchev–Trinajstić information content (AvgIpc) is 3.41. The summed E-state index contributed by atoms with van der Waals surface area (Å²) >= 11 is 7.52. The minimum atomic E-state index is -0.682. The van der Waals surface area contributed by atoms with Crippen LogP contribution in [0.1, 0.15) is 22.8 Å². The number of hydrogen-bond acceptors (Lipinski definition) is 4. The number of para-hydroxylation sites is 1. The number of halogens is 2. The lowest BCUT2D eigenvalue weighted by molar-refractivity contribution is -0.114. The molecule has 0 spiro atoms. The van der Waals surface area contributed by atoms with Gasteiger partial charge < -0.3 is 20.5 Å². The second kappa shape index (κ2) is 14.6. The van der Waals surface area contributed by atoms with Gasteiger partial charge in [0.2, 0.25) is 5.91 Å². The van der Waals surface area contributed by atoms with E-state index in [0.717, 1.165) is 33.2 Å². The second-order valence-electron chi connectivity index (χ2n) is 10.8. The van der Waals surface area contributed by atoms with Crippen LogP contribution in [0, 0.1) is 5.82 Å². The van der Waals surface area contributed by atoms with Gasteiger partial charge in [-0.2, -0.15) is 0 Å². The van der Waals surface area contributed by atoms with Crippen LogP contribution in [0.2, 0.25) is 5.02 Å². The number of fused-ring (bicyclic) bond motifs is 3. The summed E-state index contributed by atoms with van der Waals surface area (Å²) in [6.07, 6.45) is 1.20. The molecule has 3 N–H and O–H groups in total. The third-order valence-corrected chi connectivity index (χ3v) is 8.97. The summed E-state index contributed by atoms with van der Waals surface area (Å²) in [5, 5.41) is 10.6. The molecule has 1 aromatic heterocycles. The summed E-state index contributed by atoms with van der Waals surface area (Å²) in [5.74, 6) is -1.92. The lowest BCUT2D eigenvalue weighted by atomic mass is 10.1. The summed E-state index contributed by atoms with van der Waals surface area (Å²) in [6, 6.07) is 33.6. The van der Waals surface area contributed by atoms with Crippen LogP contribution in [0.4, 0.5) is 15.8 Å². The Bertz CT molecular complexity index is 2180. The van der Waals surface area contributed by atoms with E-state index in [1.54, 1.807) is 48.5 Å². The molecule has 5 aromatic carbocycles. The van der Waals surface area contributed by atoms with E-state index in [2.05, 4.69) is 39.6 Å². The van der Waals surface area contributed by atoms with Crippen molar-refractivity contribution in [2.75, 3.05) is 16.4 Å². The number of amides is 3. The Morgan fingerprint density at radius 3 is 2.31 bits per heavy atom. The van der Waals surface area contributed by atoms with Crippen molar-refractivity contribution in [2.24, 2.45) is 0 Å². The van der Waals surface area contributed by atoms with Crippen molar-refractivity contribution in [3.63, 3.8) is 0 Å². The molecule has 0 atom stereocenters. The number of nitrogens with one attached hydrogen (secondary N) is 3. The summed E-state index contributed by atoms with van der Waals surface area (Å²) in [7, 11) is 0. The van der Waals surface area contributed by atoms with Gasteiger partial charge in [0.15, 0.2) is 0 Å². The number of rotatable bonds is 10. The molecule has 0 bridgehead atoms. The lowest BCUT2D eigenvalue weighted by Gasteiger charge is -2.13. The van der Waals surface area contributed by atoms with E-state index in [0.29, 0.717) is 16.9 Å². The smallest absolute Gasteiger partial charge is 0.272 e. The zero-order chi connectivity index (χ0) is 33.6. The van der Waals surface area contributed by atoms with Crippen LogP contribution in [0.25, 0.3) is 27.9 Å². The van der Waals surface area contributed by atoms with Crippen LogP contribution in [0.3, 0.4) is 0 Å². The summed E-state index contributed by atoms with van der Waals surface area (Å²) in [4.78, 5) is 40.1. The number of anilines is 2. The lowest BCUT2D eigenvalue weighted by Crippen LogP contribution is -2.30.